The van der Waals surface area contributed by atoms with Gasteiger partial charge in [-0.2, -0.15) is 0 Å². The Hall–Kier alpha value is -1.88. The molecule has 0 saturated heterocycles. The molecule has 0 atom stereocenters. The number of nitrogen functional groups attached to an aromatic ring is 1. The van der Waals surface area contributed by atoms with Crippen LogP contribution in [0.5, 0.6) is 0 Å². The van der Waals surface area contributed by atoms with Gasteiger partial charge in [-0.15, -0.1) is 0 Å². The second-order valence-electron chi connectivity index (χ2n) is 5.78. The first kappa shape index (κ1) is 14.5. The van der Waals surface area contributed by atoms with Gasteiger partial charge in [0, 0.05) is 32.0 Å². The first-order valence-corrected chi connectivity index (χ1v) is 6.73. The van der Waals surface area contributed by atoms with Gasteiger partial charge in [0.25, 0.3) is 0 Å². The van der Waals surface area contributed by atoms with Gasteiger partial charge in [-0.25, -0.2) is 9.97 Å². The number of imidazole rings is 1. The fraction of sp³-hybridized carbons (Fsp3) is 0.467. The lowest BCUT2D eigenvalue weighted by Gasteiger charge is -2.25. The number of nitrogens with two attached hydrogens (primary N) is 1. The minimum Gasteiger partial charge on any atom is -0.385 e. The molecule has 0 aromatic carbocycles. The Morgan fingerprint density at radius 2 is 2.20 bits per heavy atom. The molecule has 2 rings (SSSR count). The molecule has 0 aliphatic carbocycles. The lowest BCUT2D eigenvalue weighted by atomic mass is 9.89. The molecular formula is C15H22N4O. The normalized spacial score (nSPS) is 11.8. The molecule has 0 spiro atoms. The monoisotopic (exact) mass is 274 g/mol. The maximum Gasteiger partial charge on any atom is 0.123 e. The quantitative estimate of drug-likeness (QED) is 0.879. The summed E-state index contributed by atoms with van der Waals surface area (Å²) in [5.74, 6) is 0.522. The smallest absolute Gasteiger partial charge is 0.123 e. The molecule has 2 heterocycles. The summed E-state index contributed by atoms with van der Waals surface area (Å²) in [6, 6.07) is 3.82. The van der Waals surface area contributed by atoms with Crippen molar-refractivity contribution >= 4 is 5.82 Å². The number of ether oxygens (including phenoxy) is 1. The first-order valence-electron chi connectivity index (χ1n) is 6.73. The maximum atomic E-state index is 5.75. The third-order valence-electron chi connectivity index (χ3n) is 3.37. The van der Waals surface area contributed by atoms with Crippen molar-refractivity contribution in [2.24, 2.45) is 5.41 Å². The van der Waals surface area contributed by atoms with Crippen LogP contribution in [-0.4, -0.2) is 28.3 Å². The van der Waals surface area contributed by atoms with E-state index in [-0.39, 0.29) is 5.41 Å². The number of rotatable bonds is 6. The van der Waals surface area contributed by atoms with Crippen molar-refractivity contribution in [3.8, 4) is 11.3 Å². The van der Waals surface area contributed by atoms with Crippen LogP contribution in [0.1, 0.15) is 20.3 Å². The Kier molecular flexibility index (Phi) is 4.39. The Balaban J connectivity index is 2.21. The average molecular weight is 274 g/mol. The molecule has 0 bridgehead atoms. The summed E-state index contributed by atoms with van der Waals surface area (Å²) in [5, 5.41) is 0. The molecule has 0 aliphatic heterocycles. The van der Waals surface area contributed by atoms with E-state index < -0.39 is 0 Å². The van der Waals surface area contributed by atoms with E-state index in [9.17, 15) is 0 Å². The molecule has 5 heteroatoms. The molecule has 2 aromatic heterocycles. The minimum absolute atomic E-state index is 0.143. The lowest BCUT2D eigenvalue weighted by Crippen LogP contribution is -2.21. The van der Waals surface area contributed by atoms with E-state index >= 15 is 0 Å². The molecule has 5 nitrogen and oxygen atoms in total. The summed E-state index contributed by atoms with van der Waals surface area (Å²) in [5.41, 5.74) is 7.99. The van der Waals surface area contributed by atoms with Crippen molar-refractivity contribution in [1.29, 1.82) is 0 Å². The van der Waals surface area contributed by atoms with Gasteiger partial charge < -0.3 is 15.0 Å². The number of nitrogens with zero attached hydrogens (tertiary/aromatic N) is 3. The third-order valence-corrected chi connectivity index (χ3v) is 3.37. The molecule has 0 saturated carbocycles. The molecular weight excluding hydrogens is 252 g/mol. The predicted octanol–water partition coefficient (Wildman–Crippen LogP) is 2.59. The molecule has 0 aliphatic rings. The van der Waals surface area contributed by atoms with Gasteiger partial charge in [-0.1, -0.05) is 13.8 Å². The number of aromatic nitrogens is 3. The molecule has 108 valence electrons. The van der Waals surface area contributed by atoms with Gasteiger partial charge in [-0.05, 0) is 24.0 Å². The number of anilines is 1. The van der Waals surface area contributed by atoms with E-state index in [0.717, 1.165) is 30.8 Å². The Morgan fingerprint density at radius 3 is 2.90 bits per heavy atom. The van der Waals surface area contributed by atoms with Crippen LogP contribution in [0.15, 0.2) is 30.9 Å². The fourth-order valence-electron chi connectivity index (χ4n) is 2.21. The Bertz CT molecular complexity index is 563. The summed E-state index contributed by atoms with van der Waals surface area (Å²) >= 11 is 0. The maximum absolute atomic E-state index is 5.75. The zero-order valence-corrected chi connectivity index (χ0v) is 12.3. The van der Waals surface area contributed by atoms with Crippen molar-refractivity contribution < 1.29 is 4.74 Å². The summed E-state index contributed by atoms with van der Waals surface area (Å²) in [7, 11) is 1.73. The van der Waals surface area contributed by atoms with Crippen molar-refractivity contribution in [3.05, 3.63) is 30.9 Å². The number of methoxy groups -OCH3 is 1. The van der Waals surface area contributed by atoms with Crippen LogP contribution in [0.4, 0.5) is 5.82 Å². The van der Waals surface area contributed by atoms with Crippen LogP contribution >= 0.6 is 0 Å². The van der Waals surface area contributed by atoms with E-state index in [4.69, 9.17) is 10.5 Å². The largest absolute Gasteiger partial charge is 0.385 e. The van der Waals surface area contributed by atoms with E-state index in [0.29, 0.717) is 5.82 Å². The standard InChI is InChI=1S/C15H22N4O/c1-15(2,5-7-20-3)10-19-11-17-9-13(19)12-4-6-18-14(16)8-12/h4,6,8-9,11H,5,7,10H2,1-3H3,(H2,16,18). The Labute approximate surface area is 119 Å². The number of hydrogen-bond acceptors (Lipinski definition) is 4. The number of hydrogen-bond donors (Lipinski definition) is 1. The highest BCUT2D eigenvalue weighted by Crippen LogP contribution is 2.27. The van der Waals surface area contributed by atoms with Crippen molar-refractivity contribution in [2.75, 3.05) is 19.5 Å². The SMILES string of the molecule is COCCC(C)(C)Cn1cncc1-c1ccnc(N)c1. The molecule has 2 N–H and O–H groups in total. The zero-order chi connectivity index (χ0) is 14.6. The second-order valence-corrected chi connectivity index (χ2v) is 5.78. The summed E-state index contributed by atoms with van der Waals surface area (Å²) in [6.45, 7) is 6.11. The van der Waals surface area contributed by atoms with E-state index in [1.807, 2.05) is 24.7 Å². The summed E-state index contributed by atoms with van der Waals surface area (Å²) in [6.07, 6.45) is 6.44. The van der Waals surface area contributed by atoms with Crippen LogP contribution in [0.2, 0.25) is 0 Å². The topological polar surface area (TPSA) is 66.0 Å². The Morgan fingerprint density at radius 1 is 1.40 bits per heavy atom. The molecule has 2 aromatic rings. The van der Waals surface area contributed by atoms with Crippen LogP contribution in [0.25, 0.3) is 11.3 Å². The van der Waals surface area contributed by atoms with E-state index in [2.05, 4.69) is 28.4 Å². The predicted molar refractivity (Wildman–Crippen MR) is 80.1 cm³/mol. The molecule has 0 unspecified atom stereocenters. The van der Waals surface area contributed by atoms with E-state index in [1.165, 1.54) is 0 Å². The lowest BCUT2D eigenvalue weighted by molar-refractivity contribution is 0.143. The minimum atomic E-state index is 0.143. The summed E-state index contributed by atoms with van der Waals surface area (Å²) < 4.78 is 7.33. The van der Waals surface area contributed by atoms with Gasteiger partial charge in [0.15, 0.2) is 0 Å². The highest BCUT2D eigenvalue weighted by atomic mass is 16.5. The van der Waals surface area contributed by atoms with Crippen molar-refractivity contribution in [3.63, 3.8) is 0 Å². The highest BCUT2D eigenvalue weighted by molar-refractivity contribution is 5.61. The molecule has 0 radical (unpaired) electrons. The molecule has 0 amide bonds. The van der Waals surface area contributed by atoms with Crippen LogP contribution < -0.4 is 5.73 Å². The van der Waals surface area contributed by atoms with Gasteiger partial charge in [-0.3, -0.25) is 0 Å². The molecule has 0 fully saturated rings. The number of pyridine rings is 1. The highest BCUT2D eigenvalue weighted by Gasteiger charge is 2.20. The zero-order valence-electron chi connectivity index (χ0n) is 12.3. The third kappa shape index (κ3) is 3.57. The van der Waals surface area contributed by atoms with Crippen LogP contribution in [0.3, 0.4) is 0 Å². The van der Waals surface area contributed by atoms with Gasteiger partial charge in [0.1, 0.15) is 5.82 Å². The van der Waals surface area contributed by atoms with Gasteiger partial charge in [0.05, 0.1) is 18.2 Å². The van der Waals surface area contributed by atoms with Crippen LogP contribution in [0, 0.1) is 5.41 Å². The van der Waals surface area contributed by atoms with Gasteiger partial charge >= 0.3 is 0 Å². The van der Waals surface area contributed by atoms with Gasteiger partial charge in [0.2, 0.25) is 0 Å². The summed E-state index contributed by atoms with van der Waals surface area (Å²) in [4.78, 5) is 8.29. The average Bonchev–Trinajstić information content (AvgIpc) is 2.84. The second kappa shape index (κ2) is 6.05. The molecule has 20 heavy (non-hydrogen) atoms. The first-order chi connectivity index (χ1) is 9.52. The van der Waals surface area contributed by atoms with Crippen molar-refractivity contribution in [1.82, 2.24) is 14.5 Å². The van der Waals surface area contributed by atoms with Crippen LogP contribution in [-0.2, 0) is 11.3 Å². The van der Waals surface area contributed by atoms with Crippen molar-refractivity contribution in [2.45, 2.75) is 26.8 Å². The fourth-order valence-corrected chi connectivity index (χ4v) is 2.21. The van der Waals surface area contributed by atoms with E-state index in [1.54, 1.807) is 13.3 Å².